The van der Waals surface area contributed by atoms with E-state index in [9.17, 15) is 0 Å². The van der Waals surface area contributed by atoms with E-state index in [-0.39, 0.29) is 29.6 Å². The Balaban J connectivity index is -0.0000000257. The normalized spacial score (nSPS) is 6.30. The quantitative estimate of drug-likeness (QED) is 0.385. The molecule has 0 unspecified atom stereocenters. The molecule has 0 aliphatic heterocycles. The Morgan fingerprint density at radius 2 is 0.700 bits per heavy atom. The number of rotatable bonds is 0. The van der Waals surface area contributed by atoms with Crippen molar-refractivity contribution in [3.63, 3.8) is 0 Å². The van der Waals surface area contributed by atoms with Gasteiger partial charge in [0.2, 0.25) is 0 Å². The van der Waals surface area contributed by atoms with E-state index in [1.807, 2.05) is 0 Å². The molecule has 0 aromatic rings. The average Bonchev–Trinajstić information content (AvgIpc) is 1.70. The fourth-order valence-electron chi connectivity index (χ4n) is 0. The van der Waals surface area contributed by atoms with Crippen LogP contribution in [0.3, 0.4) is 0 Å². The first-order valence-electron chi connectivity index (χ1n) is 1.15. The Bertz CT molecular complexity index is 49.7. The molecule has 0 saturated heterocycles. The van der Waals surface area contributed by atoms with Gasteiger partial charge in [-0.1, -0.05) is 0 Å². The maximum absolute atomic E-state index is 8.46. The number of hydrogen-bond acceptors (Lipinski definition) is 3. The standard InChI is InChI=1S/Na.3HO2P.H/c;3*1-3-2;/h;3*(H,1,2);. The fourth-order valence-corrected chi connectivity index (χ4v) is 0. The molecule has 10 heavy (non-hydrogen) atoms. The summed E-state index contributed by atoms with van der Waals surface area (Å²) in [4.78, 5) is 21.0. The van der Waals surface area contributed by atoms with E-state index in [2.05, 4.69) is 0 Å². The summed E-state index contributed by atoms with van der Waals surface area (Å²) in [5, 5.41) is 0. The Morgan fingerprint density at radius 3 is 0.700 bits per heavy atom. The van der Waals surface area contributed by atoms with Crippen molar-refractivity contribution in [2.75, 3.05) is 0 Å². The van der Waals surface area contributed by atoms with Gasteiger partial charge in [-0.05, 0) is 0 Å². The molecule has 0 atom stereocenters. The molecule has 0 radical (unpaired) electrons. The maximum atomic E-state index is 8.46. The minimum atomic E-state index is -0.833. The minimum absolute atomic E-state index is 0. The van der Waals surface area contributed by atoms with Crippen LogP contribution in [0, 0.1) is 0 Å². The van der Waals surface area contributed by atoms with E-state index in [0.717, 1.165) is 0 Å². The molecule has 0 heterocycles. The van der Waals surface area contributed by atoms with E-state index in [1.54, 1.807) is 0 Å². The third kappa shape index (κ3) is 441. The van der Waals surface area contributed by atoms with Crippen LogP contribution in [0.2, 0.25) is 0 Å². The summed E-state index contributed by atoms with van der Waals surface area (Å²) >= 11 is 0. The first kappa shape index (κ1) is 22.5. The van der Waals surface area contributed by atoms with Crippen molar-refractivity contribution in [2.45, 2.75) is 0 Å². The van der Waals surface area contributed by atoms with E-state index < -0.39 is 26.1 Å². The van der Waals surface area contributed by atoms with Gasteiger partial charge in [-0.3, -0.25) is 0 Å². The third-order valence-electron chi connectivity index (χ3n) is 0. The molecule has 0 aromatic carbocycles. The predicted molar refractivity (Wildman–Crippen MR) is 36.6 cm³/mol. The summed E-state index contributed by atoms with van der Waals surface area (Å²) in [6.45, 7) is 0. The monoisotopic (exact) mass is 216 g/mol. The van der Waals surface area contributed by atoms with Crippen molar-refractivity contribution in [2.24, 2.45) is 0 Å². The van der Waals surface area contributed by atoms with Crippen LogP contribution in [0.5, 0.6) is 0 Å². The molecule has 0 amide bonds. The van der Waals surface area contributed by atoms with Gasteiger partial charge in [-0.15, -0.1) is 0 Å². The molecule has 0 aromatic heterocycles. The van der Waals surface area contributed by atoms with E-state index in [4.69, 9.17) is 28.4 Å². The van der Waals surface area contributed by atoms with Gasteiger partial charge in [0.05, 0.1) is 0 Å². The number of hydrogen-bond donors (Lipinski definition) is 3. The van der Waals surface area contributed by atoms with Crippen LogP contribution in [-0.2, 0) is 13.7 Å². The molecular formula is H4NaO6P3. The van der Waals surface area contributed by atoms with Crippen molar-refractivity contribution in [3.05, 3.63) is 0 Å². The molecule has 0 bridgehead atoms. The first-order chi connectivity index (χ1) is 4.24. The zero-order chi connectivity index (χ0) is 8.12. The molecule has 6 nitrogen and oxygen atoms in total. The molecule has 0 fully saturated rings. The molecule has 0 rings (SSSR count). The van der Waals surface area contributed by atoms with Crippen LogP contribution >= 0.6 is 26.1 Å². The van der Waals surface area contributed by atoms with E-state index in [0.29, 0.717) is 0 Å². The molecule has 0 aliphatic carbocycles. The second-order valence-corrected chi connectivity index (χ2v) is 0.735. The van der Waals surface area contributed by atoms with Gasteiger partial charge in [0.1, 0.15) is 0 Å². The second kappa shape index (κ2) is 49.1. The molecule has 0 saturated carbocycles. The Kier molecular flexibility index (Phi) is 110. The van der Waals surface area contributed by atoms with Crippen LogP contribution in [0.25, 0.3) is 0 Å². The molecule has 3 N–H and O–H groups in total. The molecule has 0 spiro atoms. The van der Waals surface area contributed by atoms with Crippen LogP contribution < -0.4 is 0 Å². The van der Waals surface area contributed by atoms with Crippen LogP contribution in [0.1, 0.15) is 0 Å². The fraction of sp³-hybridized carbons (Fsp3) is 0. The molecule has 10 heteroatoms. The Hall–Kier alpha value is 1.18. The predicted octanol–water partition coefficient (Wildman–Crippen LogP) is -0.0923. The van der Waals surface area contributed by atoms with Gasteiger partial charge in [0.25, 0.3) is 0 Å². The zero-order valence-corrected chi connectivity index (χ0v) is 6.59. The first-order valence-corrected chi connectivity index (χ1v) is 3.44. The summed E-state index contributed by atoms with van der Waals surface area (Å²) < 4.78 is 25.4. The average molecular weight is 216 g/mol. The Morgan fingerprint density at radius 1 is 0.700 bits per heavy atom. The third-order valence-corrected chi connectivity index (χ3v) is 0. The van der Waals surface area contributed by atoms with Gasteiger partial charge in [0, 0.05) is 0 Å². The van der Waals surface area contributed by atoms with Gasteiger partial charge < -0.3 is 14.7 Å². The van der Waals surface area contributed by atoms with Gasteiger partial charge in [0.15, 0.2) is 0 Å². The Labute approximate surface area is 83.8 Å². The summed E-state index contributed by atoms with van der Waals surface area (Å²) in [5.41, 5.74) is 0. The zero-order valence-electron chi connectivity index (χ0n) is 3.91. The van der Waals surface area contributed by atoms with Gasteiger partial charge >= 0.3 is 55.6 Å². The second-order valence-electron chi connectivity index (χ2n) is 0.245. The van der Waals surface area contributed by atoms with Gasteiger partial charge in [-0.2, -0.15) is 0 Å². The molecule has 56 valence electrons. The van der Waals surface area contributed by atoms with Crippen LogP contribution in [0.15, 0.2) is 0 Å². The summed E-state index contributed by atoms with van der Waals surface area (Å²) in [6.07, 6.45) is 0. The topological polar surface area (TPSA) is 112 Å². The van der Waals surface area contributed by atoms with Crippen molar-refractivity contribution >= 4 is 55.6 Å². The van der Waals surface area contributed by atoms with E-state index in [1.165, 1.54) is 0 Å². The van der Waals surface area contributed by atoms with Crippen molar-refractivity contribution < 1.29 is 28.4 Å². The van der Waals surface area contributed by atoms with Crippen molar-refractivity contribution in [1.29, 1.82) is 0 Å². The van der Waals surface area contributed by atoms with Crippen molar-refractivity contribution in [3.8, 4) is 0 Å². The summed E-state index contributed by atoms with van der Waals surface area (Å²) in [7, 11) is -2.50. The molecular weight excluding hydrogens is 212 g/mol. The van der Waals surface area contributed by atoms with Crippen LogP contribution in [0.4, 0.5) is 0 Å². The van der Waals surface area contributed by atoms with E-state index >= 15 is 0 Å². The van der Waals surface area contributed by atoms with Crippen molar-refractivity contribution in [1.82, 2.24) is 0 Å². The SMILES string of the molecule is O=PO.O=PO.O=PO.[NaH]. The van der Waals surface area contributed by atoms with Crippen LogP contribution in [-0.4, -0.2) is 44.2 Å². The van der Waals surface area contributed by atoms with Gasteiger partial charge in [-0.25, -0.2) is 13.7 Å². The molecule has 0 aliphatic rings. The summed E-state index contributed by atoms with van der Waals surface area (Å²) in [5.74, 6) is 0. The summed E-state index contributed by atoms with van der Waals surface area (Å²) in [6, 6.07) is 0.